The van der Waals surface area contributed by atoms with Gasteiger partial charge in [0.25, 0.3) is 0 Å². The van der Waals surface area contributed by atoms with Gasteiger partial charge in [-0.3, -0.25) is 14.5 Å². The number of aromatic carboxylic acids is 1. The maximum absolute atomic E-state index is 12.7. The molecule has 23 heavy (non-hydrogen) atoms. The van der Waals surface area contributed by atoms with Gasteiger partial charge < -0.3 is 15.3 Å². The highest BCUT2D eigenvalue weighted by atomic mass is 16.4. The van der Waals surface area contributed by atoms with Crippen LogP contribution in [-0.2, 0) is 9.59 Å². The highest BCUT2D eigenvalue weighted by Gasteiger charge is 2.67. The van der Waals surface area contributed by atoms with E-state index in [2.05, 4.69) is 0 Å². The van der Waals surface area contributed by atoms with Crippen LogP contribution in [-0.4, -0.2) is 45.3 Å². The summed E-state index contributed by atoms with van der Waals surface area (Å²) >= 11 is 0. The third kappa shape index (κ3) is 1.74. The Morgan fingerprint density at radius 2 is 1.43 bits per heavy atom. The Morgan fingerprint density at radius 1 is 0.957 bits per heavy atom. The van der Waals surface area contributed by atoms with Crippen LogP contribution in [0, 0.1) is 23.7 Å². The molecule has 3 N–H and O–H groups in total. The zero-order valence-corrected chi connectivity index (χ0v) is 12.0. The molecule has 6 atom stereocenters. The van der Waals surface area contributed by atoms with Gasteiger partial charge in [-0.2, -0.15) is 0 Å². The minimum Gasteiger partial charge on any atom is -0.478 e. The van der Waals surface area contributed by atoms with Crippen LogP contribution in [0.2, 0.25) is 0 Å². The second-order valence-corrected chi connectivity index (χ2v) is 6.46. The van der Waals surface area contributed by atoms with Crippen molar-refractivity contribution in [2.24, 2.45) is 23.7 Å². The van der Waals surface area contributed by atoms with Crippen molar-refractivity contribution < 1.29 is 29.7 Å². The standard InChI is InChI=1S/C16H15NO6/c18-12-8-5-9(13(12)19)11-10(8)14(20)17(15(11)21)7-3-1-6(2-4-7)16(22)23/h1-4,8-13,18-19H,5H2,(H,22,23)/t8-,9-,10-,11+,12-,13+/m1/s1. The number of hydrogen-bond acceptors (Lipinski definition) is 5. The molecule has 2 aliphatic carbocycles. The molecule has 0 aromatic heterocycles. The van der Waals surface area contributed by atoms with Gasteiger partial charge in [0, 0.05) is 11.8 Å². The Hall–Kier alpha value is -2.25. The predicted octanol–water partition coefficient (Wildman–Crippen LogP) is -0.138. The first kappa shape index (κ1) is 14.3. The fraction of sp³-hybridized carbons (Fsp3) is 0.438. The van der Waals surface area contributed by atoms with Gasteiger partial charge in [0.2, 0.25) is 11.8 Å². The number of aliphatic hydroxyl groups excluding tert-OH is 2. The first-order valence-electron chi connectivity index (χ1n) is 7.49. The molecule has 1 heterocycles. The maximum Gasteiger partial charge on any atom is 0.335 e. The van der Waals surface area contributed by atoms with Crippen molar-refractivity contribution in [3.8, 4) is 0 Å². The molecule has 1 aromatic rings. The molecular weight excluding hydrogens is 302 g/mol. The number of aliphatic hydroxyl groups is 2. The molecule has 7 nitrogen and oxygen atoms in total. The van der Waals surface area contributed by atoms with Gasteiger partial charge in [0.1, 0.15) is 0 Å². The first-order chi connectivity index (χ1) is 10.9. The van der Waals surface area contributed by atoms with Crippen molar-refractivity contribution in [2.75, 3.05) is 4.90 Å². The van der Waals surface area contributed by atoms with Crippen molar-refractivity contribution >= 4 is 23.5 Å². The number of carbonyl (C=O) groups excluding carboxylic acids is 2. The zero-order valence-electron chi connectivity index (χ0n) is 12.0. The number of rotatable bonds is 2. The summed E-state index contributed by atoms with van der Waals surface area (Å²) in [5, 5.41) is 28.9. The molecule has 120 valence electrons. The van der Waals surface area contributed by atoms with Crippen molar-refractivity contribution in [3.63, 3.8) is 0 Å². The highest BCUT2D eigenvalue weighted by Crippen LogP contribution is 2.56. The monoisotopic (exact) mass is 317 g/mol. The summed E-state index contributed by atoms with van der Waals surface area (Å²) in [6, 6.07) is 5.53. The van der Waals surface area contributed by atoms with Gasteiger partial charge >= 0.3 is 5.97 Å². The van der Waals surface area contributed by atoms with E-state index in [0.29, 0.717) is 12.1 Å². The maximum atomic E-state index is 12.7. The largest absolute Gasteiger partial charge is 0.478 e. The molecular formula is C16H15NO6. The lowest BCUT2D eigenvalue weighted by Gasteiger charge is -2.29. The number of carboxylic acids is 1. The van der Waals surface area contributed by atoms with Gasteiger partial charge in [0.15, 0.2) is 0 Å². The number of benzene rings is 1. The number of anilines is 1. The second kappa shape index (κ2) is 4.62. The molecule has 2 bridgehead atoms. The number of hydrogen-bond donors (Lipinski definition) is 3. The summed E-state index contributed by atoms with van der Waals surface area (Å²) in [5.41, 5.74) is 0.390. The molecule has 2 saturated carbocycles. The van der Waals surface area contributed by atoms with Crippen LogP contribution in [0.25, 0.3) is 0 Å². The topological polar surface area (TPSA) is 115 Å². The van der Waals surface area contributed by atoms with Crippen molar-refractivity contribution in [1.82, 2.24) is 0 Å². The molecule has 2 amide bonds. The smallest absolute Gasteiger partial charge is 0.335 e. The average molecular weight is 317 g/mol. The SMILES string of the molecule is O=C(O)c1ccc(N2C(=O)[C@@H]3[C@H]4C[C@@H]([C@H](O)[C@@H]4O)[C@@H]3C2=O)cc1. The first-order valence-corrected chi connectivity index (χ1v) is 7.49. The normalized spacial score (nSPS) is 38.3. The van der Waals surface area contributed by atoms with Gasteiger partial charge in [-0.1, -0.05) is 0 Å². The number of nitrogens with zero attached hydrogens (tertiary/aromatic N) is 1. The Morgan fingerprint density at radius 3 is 1.87 bits per heavy atom. The minimum atomic E-state index is -1.09. The molecule has 1 saturated heterocycles. The summed E-state index contributed by atoms with van der Waals surface area (Å²) in [7, 11) is 0. The fourth-order valence-electron chi connectivity index (χ4n) is 4.44. The number of fused-ring (bicyclic) bond motifs is 5. The third-order valence-corrected chi connectivity index (χ3v) is 5.46. The molecule has 0 spiro atoms. The van der Waals surface area contributed by atoms with E-state index in [9.17, 15) is 24.6 Å². The van der Waals surface area contributed by atoms with E-state index in [0.717, 1.165) is 4.90 Å². The van der Waals surface area contributed by atoms with E-state index in [4.69, 9.17) is 5.11 Å². The van der Waals surface area contributed by atoms with E-state index < -0.39 is 30.0 Å². The third-order valence-electron chi connectivity index (χ3n) is 5.46. The van der Waals surface area contributed by atoms with Gasteiger partial charge in [-0.15, -0.1) is 0 Å². The van der Waals surface area contributed by atoms with E-state index in [1.54, 1.807) is 0 Å². The van der Waals surface area contributed by atoms with Crippen LogP contribution in [0.4, 0.5) is 5.69 Å². The number of carboxylic acid groups (broad SMARTS) is 1. The zero-order chi connectivity index (χ0) is 16.5. The lowest BCUT2D eigenvalue weighted by atomic mass is 9.78. The van der Waals surface area contributed by atoms with Gasteiger partial charge in [0.05, 0.1) is 35.3 Å². The molecule has 0 radical (unpaired) electrons. The van der Waals surface area contributed by atoms with E-state index in [1.165, 1.54) is 24.3 Å². The van der Waals surface area contributed by atoms with Gasteiger partial charge in [-0.25, -0.2) is 4.79 Å². The summed E-state index contributed by atoms with van der Waals surface area (Å²) in [6.45, 7) is 0. The highest BCUT2D eigenvalue weighted by molar-refractivity contribution is 6.22. The van der Waals surface area contributed by atoms with E-state index >= 15 is 0 Å². The summed E-state index contributed by atoms with van der Waals surface area (Å²) in [6.07, 6.45) is -1.44. The van der Waals surface area contributed by atoms with Crippen LogP contribution in [0.5, 0.6) is 0 Å². The number of imide groups is 1. The van der Waals surface area contributed by atoms with Crippen LogP contribution in [0.1, 0.15) is 16.8 Å². The molecule has 7 heteroatoms. The Kier molecular flexibility index (Phi) is 2.88. The van der Waals surface area contributed by atoms with E-state index in [-0.39, 0.29) is 29.2 Å². The van der Waals surface area contributed by atoms with Crippen LogP contribution < -0.4 is 4.90 Å². The number of carbonyl (C=O) groups is 3. The molecule has 3 aliphatic rings. The van der Waals surface area contributed by atoms with Crippen LogP contribution in [0.15, 0.2) is 24.3 Å². The summed E-state index contributed by atoms with van der Waals surface area (Å²) < 4.78 is 0. The van der Waals surface area contributed by atoms with Crippen LogP contribution >= 0.6 is 0 Å². The second-order valence-electron chi connectivity index (χ2n) is 6.46. The molecule has 3 fully saturated rings. The average Bonchev–Trinajstić information content (AvgIpc) is 3.12. The quantitative estimate of drug-likeness (QED) is 0.654. The number of amides is 2. The lowest BCUT2D eigenvalue weighted by molar-refractivity contribution is -0.129. The van der Waals surface area contributed by atoms with Crippen molar-refractivity contribution in [1.29, 1.82) is 0 Å². The van der Waals surface area contributed by atoms with Crippen molar-refractivity contribution in [2.45, 2.75) is 18.6 Å². The minimum absolute atomic E-state index is 0.0685. The molecule has 0 unspecified atom stereocenters. The summed E-state index contributed by atoms with van der Waals surface area (Å²) in [4.78, 5) is 37.3. The molecule has 1 aliphatic heterocycles. The Bertz CT molecular complexity index is 682. The lowest BCUT2D eigenvalue weighted by Crippen LogP contribution is -2.43. The van der Waals surface area contributed by atoms with E-state index in [1.807, 2.05) is 0 Å². The molecule has 1 aromatic carbocycles. The van der Waals surface area contributed by atoms with Crippen molar-refractivity contribution in [3.05, 3.63) is 29.8 Å². The molecule has 4 rings (SSSR count). The Labute approximate surface area is 131 Å². The Balaban J connectivity index is 1.68. The van der Waals surface area contributed by atoms with Crippen LogP contribution in [0.3, 0.4) is 0 Å². The fourth-order valence-corrected chi connectivity index (χ4v) is 4.44. The predicted molar refractivity (Wildman–Crippen MR) is 76.5 cm³/mol. The summed E-state index contributed by atoms with van der Waals surface area (Å²) in [5.74, 6) is -3.80. The van der Waals surface area contributed by atoms with Gasteiger partial charge in [-0.05, 0) is 30.7 Å².